The Balaban J connectivity index is 2.09. The van der Waals surface area contributed by atoms with Gasteiger partial charge < -0.3 is 19.9 Å². The van der Waals surface area contributed by atoms with Crippen LogP contribution in [0.4, 0.5) is 0 Å². The number of aromatic nitrogens is 2. The number of ether oxygens (including phenoxy) is 1. The summed E-state index contributed by atoms with van der Waals surface area (Å²) in [6, 6.07) is 7.51. The van der Waals surface area contributed by atoms with E-state index in [1.165, 1.54) is 0 Å². The highest BCUT2D eigenvalue weighted by Gasteiger charge is 2.16. The molecule has 2 aromatic rings. The number of hydrogen-bond acceptors (Lipinski definition) is 6. The molecule has 2 N–H and O–H groups in total. The second-order valence-electron chi connectivity index (χ2n) is 4.90. The number of nitrogens with zero attached hydrogens (tertiary/aromatic N) is 3. The van der Waals surface area contributed by atoms with Crippen LogP contribution in [0.5, 0.6) is 5.75 Å². The fourth-order valence-electron chi connectivity index (χ4n) is 1.98. The molecule has 1 aromatic heterocycles. The topological polar surface area (TPSA) is 77.4 Å². The van der Waals surface area contributed by atoms with Crippen molar-refractivity contribution in [3.8, 4) is 5.75 Å². The van der Waals surface area contributed by atoms with Gasteiger partial charge in [-0.2, -0.15) is 4.98 Å². The van der Waals surface area contributed by atoms with Crippen molar-refractivity contribution in [3.05, 3.63) is 41.5 Å². The van der Waals surface area contributed by atoms with Gasteiger partial charge in [-0.05, 0) is 20.2 Å². The average Bonchev–Trinajstić information content (AvgIpc) is 2.87. The summed E-state index contributed by atoms with van der Waals surface area (Å²) < 4.78 is 10.6. The molecule has 0 aliphatic rings. The van der Waals surface area contributed by atoms with Crippen molar-refractivity contribution in [3.63, 3.8) is 0 Å². The zero-order valence-electron chi connectivity index (χ0n) is 12.0. The quantitative estimate of drug-likeness (QED) is 0.855. The molecule has 0 saturated heterocycles. The first-order valence-electron chi connectivity index (χ1n) is 6.45. The van der Waals surface area contributed by atoms with Gasteiger partial charge in [-0.15, -0.1) is 0 Å². The summed E-state index contributed by atoms with van der Waals surface area (Å²) in [6.07, 6.45) is 0.533. The summed E-state index contributed by atoms with van der Waals surface area (Å²) in [7, 11) is 5.55. The van der Waals surface area contributed by atoms with Crippen LogP contribution in [-0.2, 0) is 6.42 Å². The van der Waals surface area contributed by atoms with E-state index >= 15 is 0 Å². The van der Waals surface area contributed by atoms with Gasteiger partial charge >= 0.3 is 0 Å². The summed E-state index contributed by atoms with van der Waals surface area (Å²) in [5.74, 6) is 1.88. The molecule has 20 heavy (non-hydrogen) atoms. The lowest BCUT2D eigenvalue weighted by Gasteiger charge is -2.12. The van der Waals surface area contributed by atoms with Crippen molar-refractivity contribution in [1.29, 1.82) is 0 Å². The van der Waals surface area contributed by atoms with E-state index in [1.54, 1.807) is 7.11 Å². The highest BCUT2D eigenvalue weighted by atomic mass is 16.5. The zero-order chi connectivity index (χ0) is 14.5. The Morgan fingerprint density at radius 2 is 2.10 bits per heavy atom. The molecular formula is C14H20N4O2. The molecule has 1 unspecified atom stereocenters. The summed E-state index contributed by atoms with van der Waals surface area (Å²) in [4.78, 5) is 6.34. The van der Waals surface area contributed by atoms with Crippen LogP contribution >= 0.6 is 0 Å². The molecule has 0 saturated carbocycles. The van der Waals surface area contributed by atoms with Gasteiger partial charge in [0.15, 0.2) is 5.82 Å². The maximum absolute atomic E-state index is 6.01. The number of benzene rings is 1. The third-order valence-electron chi connectivity index (χ3n) is 2.91. The predicted octanol–water partition coefficient (Wildman–Crippen LogP) is 1.23. The van der Waals surface area contributed by atoms with Gasteiger partial charge in [-0.1, -0.05) is 23.4 Å². The lowest BCUT2D eigenvalue weighted by atomic mass is 10.1. The average molecular weight is 276 g/mol. The minimum atomic E-state index is -0.250. The van der Waals surface area contributed by atoms with Crippen molar-refractivity contribution >= 4 is 0 Å². The fraction of sp³-hybridized carbons (Fsp3) is 0.429. The Kier molecular flexibility index (Phi) is 4.70. The maximum Gasteiger partial charge on any atom is 0.231 e. The number of hydrogen-bond donors (Lipinski definition) is 1. The fourth-order valence-corrected chi connectivity index (χ4v) is 1.98. The van der Waals surface area contributed by atoms with E-state index < -0.39 is 0 Å². The molecule has 0 radical (unpaired) electrons. The van der Waals surface area contributed by atoms with Gasteiger partial charge in [0.05, 0.1) is 19.6 Å². The zero-order valence-corrected chi connectivity index (χ0v) is 12.0. The molecule has 2 rings (SSSR count). The third-order valence-corrected chi connectivity index (χ3v) is 2.91. The second-order valence-corrected chi connectivity index (χ2v) is 4.90. The monoisotopic (exact) mass is 276 g/mol. The molecule has 1 heterocycles. The highest BCUT2D eigenvalue weighted by molar-refractivity contribution is 5.34. The summed E-state index contributed by atoms with van der Waals surface area (Å²) >= 11 is 0. The Morgan fingerprint density at radius 1 is 1.35 bits per heavy atom. The van der Waals surface area contributed by atoms with Gasteiger partial charge in [-0.25, -0.2) is 0 Å². The standard InChI is InChI=1S/C14H20N4O2/c1-18(2)9-11(15)14-16-13(20-17-14)8-10-6-4-5-7-12(10)19-3/h4-7,11H,8-9,15H2,1-3H3. The van der Waals surface area contributed by atoms with Gasteiger partial charge in [0.25, 0.3) is 0 Å². The van der Waals surface area contributed by atoms with Gasteiger partial charge in [0, 0.05) is 12.1 Å². The van der Waals surface area contributed by atoms with Crippen LogP contribution in [0.15, 0.2) is 28.8 Å². The van der Waals surface area contributed by atoms with Crippen molar-refractivity contribution in [2.75, 3.05) is 27.7 Å². The summed E-state index contributed by atoms with van der Waals surface area (Å²) in [5.41, 5.74) is 7.01. The second kappa shape index (κ2) is 6.49. The van der Waals surface area contributed by atoms with Crippen LogP contribution < -0.4 is 10.5 Å². The smallest absolute Gasteiger partial charge is 0.231 e. The van der Waals surface area contributed by atoms with Crippen LogP contribution in [0.2, 0.25) is 0 Å². The summed E-state index contributed by atoms with van der Waals surface area (Å²) in [6.45, 7) is 0.674. The van der Waals surface area contributed by atoms with Crippen LogP contribution in [0.1, 0.15) is 23.3 Å². The van der Waals surface area contributed by atoms with Crippen LogP contribution in [0, 0.1) is 0 Å². The number of rotatable bonds is 6. The lowest BCUT2D eigenvalue weighted by molar-refractivity contribution is 0.347. The predicted molar refractivity (Wildman–Crippen MR) is 75.6 cm³/mol. The molecular weight excluding hydrogens is 256 g/mol. The highest BCUT2D eigenvalue weighted by Crippen LogP contribution is 2.20. The number of nitrogens with two attached hydrogens (primary N) is 1. The number of para-hydroxylation sites is 1. The Bertz CT molecular complexity index is 554. The molecule has 0 spiro atoms. The molecule has 0 amide bonds. The first kappa shape index (κ1) is 14.5. The van der Waals surface area contributed by atoms with Gasteiger partial charge in [0.2, 0.25) is 5.89 Å². The van der Waals surface area contributed by atoms with E-state index in [0.717, 1.165) is 11.3 Å². The number of methoxy groups -OCH3 is 1. The molecule has 0 fully saturated rings. The molecule has 0 aliphatic heterocycles. The molecule has 6 heteroatoms. The summed E-state index contributed by atoms with van der Waals surface area (Å²) in [5, 5.41) is 3.94. The molecule has 1 atom stereocenters. The lowest BCUT2D eigenvalue weighted by Crippen LogP contribution is -2.26. The van der Waals surface area contributed by atoms with E-state index in [9.17, 15) is 0 Å². The first-order chi connectivity index (χ1) is 9.60. The molecule has 1 aromatic carbocycles. The van der Waals surface area contributed by atoms with E-state index in [1.807, 2.05) is 43.3 Å². The Hall–Kier alpha value is -1.92. The van der Waals surface area contributed by atoms with Gasteiger partial charge in [0.1, 0.15) is 5.75 Å². The molecule has 108 valence electrons. The minimum Gasteiger partial charge on any atom is -0.496 e. The van der Waals surface area contributed by atoms with E-state index in [2.05, 4.69) is 10.1 Å². The minimum absolute atomic E-state index is 0.250. The van der Waals surface area contributed by atoms with Crippen LogP contribution in [0.3, 0.4) is 0 Å². The number of likely N-dealkylation sites (N-methyl/N-ethyl adjacent to an activating group) is 1. The Labute approximate surface area is 118 Å². The van der Waals surface area contributed by atoms with E-state index in [-0.39, 0.29) is 6.04 Å². The van der Waals surface area contributed by atoms with Gasteiger partial charge in [-0.3, -0.25) is 0 Å². The van der Waals surface area contributed by atoms with Crippen molar-refractivity contribution in [1.82, 2.24) is 15.0 Å². The molecule has 0 bridgehead atoms. The molecule has 0 aliphatic carbocycles. The first-order valence-corrected chi connectivity index (χ1v) is 6.45. The van der Waals surface area contributed by atoms with Crippen molar-refractivity contribution in [2.24, 2.45) is 5.73 Å². The Morgan fingerprint density at radius 3 is 2.80 bits per heavy atom. The normalized spacial score (nSPS) is 12.7. The van der Waals surface area contributed by atoms with Crippen molar-refractivity contribution < 1.29 is 9.26 Å². The van der Waals surface area contributed by atoms with E-state index in [0.29, 0.717) is 24.7 Å². The van der Waals surface area contributed by atoms with Crippen molar-refractivity contribution in [2.45, 2.75) is 12.5 Å². The SMILES string of the molecule is COc1ccccc1Cc1nc(C(N)CN(C)C)no1. The third kappa shape index (κ3) is 3.55. The largest absolute Gasteiger partial charge is 0.496 e. The van der Waals surface area contributed by atoms with Crippen LogP contribution in [0.25, 0.3) is 0 Å². The maximum atomic E-state index is 6.01. The van der Waals surface area contributed by atoms with Crippen LogP contribution in [-0.4, -0.2) is 42.8 Å². The van der Waals surface area contributed by atoms with E-state index in [4.69, 9.17) is 15.0 Å². The molecule has 6 nitrogen and oxygen atoms in total.